The molecule has 7 heteroatoms. The molecule has 1 aliphatic carbocycles. The number of carbonyl (C=O) groups is 3. The second kappa shape index (κ2) is 9.67. The van der Waals surface area contributed by atoms with Gasteiger partial charge in [-0.15, -0.1) is 0 Å². The highest BCUT2D eigenvalue weighted by molar-refractivity contribution is 5.95. The molecule has 1 atom stereocenters. The molecule has 0 spiro atoms. The number of nitrogens with one attached hydrogen (secondary N) is 1. The fraction of sp³-hybridized carbons (Fsp3) is 0.696. The van der Waals surface area contributed by atoms with Crippen LogP contribution in [0.25, 0.3) is 0 Å². The normalized spacial score (nSPS) is 23.9. The van der Waals surface area contributed by atoms with Crippen molar-refractivity contribution >= 4 is 17.7 Å². The standard InChI is InChI=1S/C23H33N3O4/c27-21(17-7-2-1-3-8-17)24-18-11-14-25(15-12-18)22(28)19-9-4-5-13-26(19)23(29)20-10-6-16-30-20/h6,10,16-19H,1-5,7-9,11-15H2,(H,24,27). The second-order valence-corrected chi connectivity index (χ2v) is 8.93. The average Bonchev–Trinajstić information content (AvgIpc) is 3.34. The van der Waals surface area contributed by atoms with Crippen molar-refractivity contribution in [2.24, 2.45) is 5.92 Å². The Kier molecular flexibility index (Phi) is 6.75. The molecule has 164 valence electrons. The maximum absolute atomic E-state index is 13.2. The lowest BCUT2D eigenvalue weighted by Crippen LogP contribution is -2.56. The molecule has 2 aliphatic heterocycles. The number of likely N-dealkylation sites (tertiary alicyclic amines) is 2. The van der Waals surface area contributed by atoms with Crippen molar-refractivity contribution in [2.75, 3.05) is 19.6 Å². The molecule has 0 radical (unpaired) electrons. The fourth-order valence-corrected chi connectivity index (χ4v) is 5.11. The summed E-state index contributed by atoms with van der Waals surface area (Å²) >= 11 is 0. The van der Waals surface area contributed by atoms with Crippen molar-refractivity contribution < 1.29 is 18.8 Å². The van der Waals surface area contributed by atoms with Gasteiger partial charge in [0.1, 0.15) is 6.04 Å². The van der Waals surface area contributed by atoms with Crippen LogP contribution < -0.4 is 5.32 Å². The Morgan fingerprint density at radius 3 is 2.33 bits per heavy atom. The fourth-order valence-electron chi connectivity index (χ4n) is 5.11. The molecule has 1 N–H and O–H groups in total. The number of carbonyl (C=O) groups excluding carboxylic acids is 3. The van der Waals surface area contributed by atoms with E-state index in [4.69, 9.17) is 4.42 Å². The third kappa shape index (κ3) is 4.71. The van der Waals surface area contributed by atoms with E-state index in [1.165, 1.54) is 12.7 Å². The third-order valence-corrected chi connectivity index (χ3v) is 6.91. The van der Waals surface area contributed by atoms with Crippen LogP contribution in [0.15, 0.2) is 22.8 Å². The zero-order valence-electron chi connectivity index (χ0n) is 17.7. The molecule has 1 saturated carbocycles. The molecule has 3 aliphatic rings. The predicted octanol–water partition coefficient (Wildman–Crippen LogP) is 2.96. The van der Waals surface area contributed by atoms with Crippen molar-refractivity contribution in [3.8, 4) is 0 Å². The molecule has 1 unspecified atom stereocenters. The lowest BCUT2D eigenvalue weighted by molar-refractivity contribution is -0.138. The number of hydrogen-bond donors (Lipinski definition) is 1. The van der Waals surface area contributed by atoms with Gasteiger partial charge >= 0.3 is 0 Å². The van der Waals surface area contributed by atoms with Gasteiger partial charge in [0.2, 0.25) is 11.8 Å². The molecule has 3 heterocycles. The van der Waals surface area contributed by atoms with Crippen LogP contribution in [0.1, 0.15) is 74.8 Å². The smallest absolute Gasteiger partial charge is 0.290 e. The van der Waals surface area contributed by atoms with Crippen LogP contribution in [0.4, 0.5) is 0 Å². The van der Waals surface area contributed by atoms with E-state index in [0.717, 1.165) is 51.4 Å². The van der Waals surface area contributed by atoms with Crippen LogP contribution >= 0.6 is 0 Å². The summed E-state index contributed by atoms with van der Waals surface area (Å²) in [7, 11) is 0. The summed E-state index contributed by atoms with van der Waals surface area (Å²) in [6.07, 6.45) is 11.2. The van der Waals surface area contributed by atoms with Crippen molar-refractivity contribution in [2.45, 2.75) is 76.3 Å². The molecule has 1 aromatic rings. The molecule has 4 rings (SSSR count). The Balaban J connectivity index is 1.30. The number of amides is 3. The van der Waals surface area contributed by atoms with Crippen LogP contribution in [0.5, 0.6) is 0 Å². The van der Waals surface area contributed by atoms with E-state index < -0.39 is 6.04 Å². The molecule has 2 saturated heterocycles. The van der Waals surface area contributed by atoms with E-state index >= 15 is 0 Å². The second-order valence-electron chi connectivity index (χ2n) is 8.93. The molecular formula is C23H33N3O4. The first-order valence-corrected chi connectivity index (χ1v) is 11.6. The van der Waals surface area contributed by atoms with E-state index in [1.807, 2.05) is 4.90 Å². The molecule has 30 heavy (non-hydrogen) atoms. The van der Waals surface area contributed by atoms with Crippen molar-refractivity contribution in [3.63, 3.8) is 0 Å². The van der Waals surface area contributed by atoms with E-state index in [0.29, 0.717) is 31.8 Å². The van der Waals surface area contributed by atoms with E-state index in [9.17, 15) is 14.4 Å². The van der Waals surface area contributed by atoms with Gasteiger partial charge in [-0.05, 0) is 57.1 Å². The Morgan fingerprint density at radius 2 is 1.63 bits per heavy atom. The lowest BCUT2D eigenvalue weighted by atomic mass is 9.88. The molecule has 1 aromatic heterocycles. The third-order valence-electron chi connectivity index (χ3n) is 6.91. The zero-order chi connectivity index (χ0) is 20.9. The largest absolute Gasteiger partial charge is 0.459 e. The predicted molar refractivity (Wildman–Crippen MR) is 112 cm³/mol. The van der Waals surface area contributed by atoms with Gasteiger partial charge in [-0.1, -0.05) is 19.3 Å². The van der Waals surface area contributed by atoms with E-state index in [2.05, 4.69) is 5.32 Å². The quantitative estimate of drug-likeness (QED) is 0.820. The number of piperidine rings is 2. The van der Waals surface area contributed by atoms with Gasteiger partial charge in [0.25, 0.3) is 5.91 Å². The average molecular weight is 416 g/mol. The Bertz CT molecular complexity index is 734. The minimum Gasteiger partial charge on any atom is -0.459 e. The highest BCUT2D eigenvalue weighted by Crippen LogP contribution is 2.25. The first-order chi connectivity index (χ1) is 14.6. The highest BCUT2D eigenvalue weighted by Gasteiger charge is 2.37. The molecular weight excluding hydrogens is 382 g/mol. The van der Waals surface area contributed by atoms with Gasteiger partial charge in [-0.3, -0.25) is 14.4 Å². The van der Waals surface area contributed by atoms with Crippen molar-refractivity contribution in [3.05, 3.63) is 24.2 Å². The van der Waals surface area contributed by atoms with Crippen LogP contribution in [0.3, 0.4) is 0 Å². The van der Waals surface area contributed by atoms with Gasteiger partial charge in [0.05, 0.1) is 6.26 Å². The first kappa shape index (κ1) is 20.9. The topological polar surface area (TPSA) is 82.9 Å². The highest BCUT2D eigenvalue weighted by atomic mass is 16.3. The summed E-state index contributed by atoms with van der Waals surface area (Å²) in [6.45, 7) is 1.85. The minimum atomic E-state index is -0.412. The maximum Gasteiger partial charge on any atom is 0.290 e. The van der Waals surface area contributed by atoms with Crippen LogP contribution in [0, 0.1) is 5.92 Å². The minimum absolute atomic E-state index is 0.0339. The SMILES string of the molecule is O=C(NC1CCN(C(=O)C2CCCCN2C(=O)c2ccco2)CC1)C1CCCCC1. The lowest BCUT2D eigenvalue weighted by Gasteiger charge is -2.40. The Hall–Kier alpha value is -2.31. The van der Waals surface area contributed by atoms with Gasteiger partial charge < -0.3 is 19.5 Å². The summed E-state index contributed by atoms with van der Waals surface area (Å²) < 4.78 is 5.27. The molecule has 3 amide bonds. The van der Waals surface area contributed by atoms with Crippen molar-refractivity contribution in [1.29, 1.82) is 0 Å². The molecule has 3 fully saturated rings. The molecule has 0 bridgehead atoms. The van der Waals surface area contributed by atoms with Gasteiger partial charge in [0, 0.05) is 31.6 Å². The van der Waals surface area contributed by atoms with Crippen LogP contribution in [-0.2, 0) is 9.59 Å². The Labute approximate surface area is 178 Å². The van der Waals surface area contributed by atoms with Crippen LogP contribution in [0.2, 0.25) is 0 Å². The zero-order valence-corrected chi connectivity index (χ0v) is 17.7. The van der Waals surface area contributed by atoms with E-state index in [1.54, 1.807) is 17.0 Å². The number of nitrogens with zero attached hydrogens (tertiary/aromatic N) is 2. The summed E-state index contributed by atoms with van der Waals surface area (Å²) in [5.41, 5.74) is 0. The number of hydrogen-bond acceptors (Lipinski definition) is 4. The van der Waals surface area contributed by atoms with E-state index in [-0.39, 0.29) is 29.7 Å². The summed E-state index contributed by atoms with van der Waals surface area (Å²) in [5.74, 6) is 0.488. The van der Waals surface area contributed by atoms with Gasteiger partial charge in [-0.25, -0.2) is 0 Å². The molecule has 0 aromatic carbocycles. The summed E-state index contributed by atoms with van der Waals surface area (Å²) in [5, 5.41) is 3.22. The monoisotopic (exact) mass is 415 g/mol. The van der Waals surface area contributed by atoms with Crippen LogP contribution in [-0.4, -0.2) is 59.2 Å². The van der Waals surface area contributed by atoms with Crippen molar-refractivity contribution in [1.82, 2.24) is 15.1 Å². The van der Waals surface area contributed by atoms with Gasteiger partial charge in [-0.2, -0.15) is 0 Å². The number of furan rings is 1. The summed E-state index contributed by atoms with van der Waals surface area (Å²) in [6, 6.07) is 3.08. The Morgan fingerprint density at radius 1 is 0.900 bits per heavy atom. The number of rotatable bonds is 4. The maximum atomic E-state index is 13.2. The first-order valence-electron chi connectivity index (χ1n) is 11.6. The van der Waals surface area contributed by atoms with Gasteiger partial charge in [0.15, 0.2) is 5.76 Å². The molecule has 7 nitrogen and oxygen atoms in total. The summed E-state index contributed by atoms with van der Waals surface area (Å²) in [4.78, 5) is 42.1.